The van der Waals surface area contributed by atoms with Crippen LogP contribution in [0.25, 0.3) is 0 Å². The lowest BCUT2D eigenvalue weighted by Crippen LogP contribution is -2.13. The second-order valence-corrected chi connectivity index (χ2v) is 5.51. The minimum absolute atomic E-state index is 0.267. The highest BCUT2D eigenvalue weighted by molar-refractivity contribution is 7.92. The number of benzene rings is 1. The number of nitrogens with zero attached hydrogens (tertiary/aromatic N) is 2. The summed E-state index contributed by atoms with van der Waals surface area (Å²) in [7, 11) is -4.04. The van der Waals surface area contributed by atoms with Crippen molar-refractivity contribution in [1.82, 2.24) is 10.1 Å². The largest absolute Gasteiger partial charge is 0.435 e. The van der Waals surface area contributed by atoms with Gasteiger partial charge in [-0.15, -0.1) is 0 Å². The van der Waals surface area contributed by atoms with E-state index in [4.69, 9.17) is 4.52 Å². The van der Waals surface area contributed by atoms with Gasteiger partial charge in [0.1, 0.15) is 5.75 Å². The van der Waals surface area contributed by atoms with Crippen LogP contribution in [0.4, 0.5) is 14.8 Å². The molecule has 0 fully saturated rings. The lowest BCUT2D eigenvalue weighted by molar-refractivity contribution is -0.0499. The number of alkyl halides is 2. The summed E-state index contributed by atoms with van der Waals surface area (Å²) >= 11 is 0. The van der Waals surface area contributed by atoms with E-state index < -0.39 is 16.6 Å². The molecule has 7 nitrogen and oxygen atoms in total. The van der Waals surface area contributed by atoms with Crippen molar-refractivity contribution in [2.45, 2.75) is 24.9 Å². The Morgan fingerprint density at radius 2 is 2.19 bits per heavy atom. The van der Waals surface area contributed by atoms with E-state index in [1.54, 1.807) is 6.92 Å². The van der Waals surface area contributed by atoms with Gasteiger partial charge in [-0.3, -0.25) is 0 Å². The van der Waals surface area contributed by atoms with Gasteiger partial charge in [-0.2, -0.15) is 13.8 Å². The van der Waals surface area contributed by atoms with E-state index in [0.29, 0.717) is 12.2 Å². The first-order valence-electron chi connectivity index (χ1n) is 5.81. The van der Waals surface area contributed by atoms with Crippen LogP contribution in [-0.4, -0.2) is 25.2 Å². The summed E-state index contributed by atoms with van der Waals surface area (Å²) in [5.74, 6) is 0.0649. The number of anilines is 1. The molecule has 0 amide bonds. The number of aryl methyl sites for hydroxylation is 1. The third-order valence-electron chi connectivity index (χ3n) is 2.35. The first-order valence-corrected chi connectivity index (χ1v) is 7.29. The van der Waals surface area contributed by atoms with Crippen molar-refractivity contribution in [3.05, 3.63) is 30.1 Å². The fourth-order valence-corrected chi connectivity index (χ4v) is 2.39. The van der Waals surface area contributed by atoms with Gasteiger partial charge in [-0.25, -0.2) is 13.1 Å². The molecule has 0 saturated carbocycles. The fraction of sp³-hybridized carbons (Fsp3) is 0.273. The van der Waals surface area contributed by atoms with Crippen LogP contribution in [0.3, 0.4) is 0 Å². The van der Waals surface area contributed by atoms with E-state index in [1.807, 2.05) is 0 Å². The average Bonchev–Trinajstić information content (AvgIpc) is 2.85. The van der Waals surface area contributed by atoms with Gasteiger partial charge in [-0.1, -0.05) is 18.1 Å². The monoisotopic (exact) mass is 319 g/mol. The molecule has 1 N–H and O–H groups in total. The Hall–Kier alpha value is -2.23. The first kappa shape index (κ1) is 15.2. The minimum Gasteiger partial charge on any atom is -0.435 e. The van der Waals surface area contributed by atoms with Crippen molar-refractivity contribution in [1.29, 1.82) is 0 Å². The molecule has 0 spiro atoms. The summed E-state index contributed by atoms with van der Waals surface area (Å²) in [5.41, 5.74) is 0. The van der Waals surface area contributed by atoms with E-state index in [1.165, 1.54) is 18.2 Å². The van der Waals surface area contributed by atoms with Gasteiger partial charge < -0.3 is 9.26 Å². The zero-order valence-corrected chi connectivity index (χ0v) is 11.6. The SMILES string of the molecule is CCc1noc(NS(=O)(=O)c2cccc(OC(F)F)c2)n1. The molecule has 0 aliphatic carbocycles. The van der Waals surface area contributed by atoms with Crippen LogP contribution in [-0.2, 0) is 16.4 Å². The quantitative estimate of drug-likeness (QED) is 0.875. The molecule has 1 aromatic carbocycles. The molecule has 2 rings (SSSR count). The molecule has 0 aliphatic rings. The van der Waals surface area contributed by atoms with E-state index in [-0.39, 0.29) is 16.7 Å². The molecule has 0 radical (unpaired) electrons. The normalized spacial score (nSPS) is 11.6. The highest BCUT2D eigenvalue weighted by Crippen LogP contribution is 2.21. The Morgan fingerprint density at radius 3 is 2.81 bits per heavy atom. The van der Waals surface area contributed by atoms with Gasteiger partial charge in [0.25, 0.3) is 10.0 Å². The number of nitrogens with one attached hydrogen (secondary N) is 1. The van der Waals surface area contributed by atoms with Gasteiger partial charge in [0, 0.05) is 12.5 Å². The molecule has 0 unspecified atom stereocenters. The Labute approximate surface area is 119 Å². The predicted octanol–water partition coefficient (Wildman–Crippen LogP) is 2.03. The van der Waals surface area contributed by atoms with Crippen LogP contribution < -0.4 is 9.46 Å². The van der Waals surface area contributed by atoms with Gasteiger partial charge >= 0.3 is 12.6 Å². The molecule has 2 aromatic rings. The van der Waals surface area contributed by atoms with E-state index in [0.717, 1.165) is 6.07 Å². The highest BCUT2D eigenvalue weighted by atomic mass is 32.2. The van der Waals surface area contributed by atoms with E-state index >= 15 is 0 Å². The lowest BCUT2D eigenvalue weighted by Gasteiger charge is -2.07. The number of hydrogen-bond donors (Lipinski definition) is 1. The molecule has 10 heteroatoms. The average molecular weight is 319 g/mol. The maximum atomic E-state index is 12.1. The molecular formula is C11H11F2N3O4S. The van der Waals surface area contributed by atoms with Crippen molar-refractivity contribution >= 4 is 16.0 Å². The zero-order valence-electron chi connectivity index (χ0n) is 10.8. The van der Waals surface area contributed by atoms with Gasteiger partial charge in [0.05, 0.1) is 4.90 Å². The van der Waals surface area contributed by atoms with Crippen molar-refractivity contribution in [2.75, 3.05) is 4.72 Å². The Balaban J connectivity index is 2.22. The van der Waals surface area contributed by atoms with Crippen LogP contribution in [0.5, 0.6) is 5.75 Å². The molecular weight excluding hydrogens is 308 g/mol. The van der Waals surface area contributed by atoms with Crippen molar-refractivity contribution in [3.63, 3.8) is 0 Å². The predicted molar refractivity (Wildman–Crippen MR) is 67.6 cm³/mol. The molecule has 1 heterocycles. The van der Waals surface area contributed by atoms with Crippen LogP contribution in [0.1, 0.15) is 12.7 Å². The second kappa shape index (κ2) is 6.04. The number of halogens is 2. The van der Waals surface area contributed by atoms with Gasteiger partial charge in [0.15, 0.2) is 5.82 Å². The summed E-state index contributed by atoms with van der Waals surface area (Å²) in [6.07, 6.45) is 0.475. The topological polar surface area (TPSA) is 94.3 Å². The molecule has 114 valence electrons. The van der Waals surface area contributed by atoms with E-state index in [2.05, 4.69) is 19.6 Å². The summed E-state index contributed by atoms with van der Waals surface area (Å²) in [4.78, 5) is 3.52. The highest BCUT2D eigenvalue weighted by Gasteiger charge is 2.19. The number of sulfonamides is 1. The summed E-state index contributed by atoms with van der Waals surface area (Å²) in [5, 5.41) is 3.53. The molecule has 0 atom stereocenters. The Morgan fingerprint density at radius 1 is 1.43 bits per heavy atom. The molecule has 0 bridgehead atoms. The Kier molecular flexibility index (Phi) is 4.36. The van der Waals surface area contributed by atoms with Crippen LogP contribution in [0.15, 0.2) is 33.7 Å². The smallest absolute Gasteiger partial charge is 0.387 e. The van der Waals surface area contributed by atoms with Crippen molar-refractivity contribution in [2.24, 2.45) is 0 Å². The van der Waals surface area contributed by atoms with Crippen LogP contribution >= 0.6 is 0 Å². The van der Waals surface area contributed by atoms with E-state index in [9.17, 15) is 17.2 Å². The fourth-order valence-electron chi connectivity index (χ4n) is 1.43. The minimum atomic E-state index is -4.04. The van der Waals surface area contributed by atoms with Crippen LogP contribution in [0, 0.1) is 0 Å². The zero-order chi connectivity index (χ0) is 15.5. The van der Waals surface area contributed by atoms with Crippen molar-refractivity contribution in [3.8, 4) is 5.75 Å². The third-order valence-corrected chi connectivity index (χ3v) is 3.66. The summed E-state index contributed by atoms with van der Waals surface area (Å²) < 4.78 is 59.3. The maximum absolute atomic E-state index is 12.1. The molecule has 0 aliphatic heterocycles. The molecule has 21 heavy (non-hydrogen) atoms. The summed E-state index contributed by atoms with van der Waals surface area (Å²) in [6, 6.07) is 4.38. The van der Waals surface area contributed by atoms with Gasteiger partial charge in [-0.05, 0) is 12.1 Å². The standard InChI is InChI=1S/C11H11F2N3O4S/c1-2-9-14-11(20-15-9)16-21(17,18)8-5-3-4-7(6-8)19-10(12)13/h3-6,10H,2H2,1H3,(H,14,15,16). The van der Waals surface area contributed by atoms with Crippen molar-refractivity contribution < 1.29 is 26.5 Å². The summed E-state index contributed by atoms with van der Waals surface area (Å²) in [6.45, 7) is -1.27. The van der Waals surface area contributed by atoms with Crippen LogP contribution in [0.2, 0.25) is 0 Å². The Bertz CT molecular complexity index is 718. The lowest BCUT2D eigenvalue weighted by atomic mass is 10.3. The maximum Gasteiger partial charge on any atom is 0.387 e. The number of ether oxygens (including phenoxy) is 1. The van der Waals surface area contributed by atoms with Gasteiger partial charge in [0.2, 0.25) is 0 Å². The number of hydrogen-bond acceptors (Lipinski definition) is 6. The molecule has 0 saturated heterocycles. The first-order chi connectivity index (χ1) is 9.90. The number of rotatable bonds is 6. The molecule has 1 aromatic heterocycles. The third kappa shape index (κ3) is 3.88. The number of aromatic nitrogens is 2. The second-order valence-electron chi connectivity index (χ2n) is 3.83.